The van der Waals surface area contributed by atoms with Crippen molar-refractivity contribution >= 4 is 28.4 Å². The number of aryl methyl sites for hydroxylation is 2. The fraction of sp³-hybridized carbons (Fsp3) is 0.200. The number of nitrogens with one attached hydrogen (secondary N) is 1. The number of hydrogen-bond acceptors (Lipinski definition) is 5. The smallest absolute Gasteiger partial charge is 0.279 e. The van der Waals surface area contributed by atoms with Crippen LogP contribution in [0.4, 0.5) is 5.69 Å². The minimum absolute atomic E-state index is 0.0741. The maximum absolute atomic E-state index is 12.7. The van der Waals surface area contributed by atoms with E-state index in [-0.39, 0.29) is 17.4 Å². The van der Waals surface area contributed by atoms with Crippen LogP contribution in [-0.4, -0.2) is 28.8 Å². The number of carbonyl (C=O) groups is 2. The van der Waals surface area contributed by atoms with E-state index in [0.717, 1.165) is 11.1 Å². The number of Topliss-reactive ketones (excluding diaryl/α,β-unsaturated/α-hetero) is 1. The fourth-order valence-electron chi connectivity index (χ4n) is 2.59. The van der Waals surface area contributed by atoms with Crippen LogP contribution in [0.1, 0.15) is 38.9 Å². The summed E-state index contributed by atoms with van der Waals surface area (Å²) in [7, 11) is 1.45. The number of ether oxygens (including phenoxy) is 1. The zero-order valence-electron chi connectivity index (χ0n) is 15.1. The Morgan fingerprint density at radius 3 is 2.27 bits per heavy atom. The van der Waals surface area contributed by atoms with E-state index in [1.54, 1.807) is 24.3 Å². The molecule has 3 aromatic rings. The highest BCUT2D eigenvalue weighted by Gasteiger charge is 2.18. The number of ketones is 1. The molecular weight excluding hydrogens is 330 g/mol. The van der Waals surface area contributed by atoms with Gasteiger partial charge in [-0.05, 0) is 56.2 Å². The average Bonchev–Trinajstić information content (AvgIpc) is 2.62. The lowest BCUT2D eigenvalue weighted by Crippen LogP contribution is -2.16. The van der Waals surface area contributed by atoms with Gasteiger partial charge in [0.15, 0.2) is 11.5 Å². The van der Waals surface area contributed by atoms with E-state index in [1.165, 1.54) is 14.0 Å². The Morgan fingerprint density at radius 1 is 1.00 bits per heavy atom. The molecule has 1 heterocycles. The molecule has 0 saturated carbocycles. The van der Waals surface area contributed by atoms with Gasteiger partial charge in [-0.25, -0.2) is 9.97 Å². The fourth-order valence-corrected chi connectivity index (χ4v) is 2.59. The number of benzene rings is 2. The zero-order valence-corrected chi connectivity index (χ0v) is 15.1. The molecule has 6 nitrogen and oxygen atoms in total. The summed E-state index contributed by atoms with van der Waals surface area (Å²) < 4.78 is 5.26. The summed E-state index contributed by atoms with van der Waals surface area (Å²) >= 11 is 0. The van der Waals surface area contributed by atoms with Gasteiger partial charge in [-0.15, -0.1) is 0 Å². The van der Waals surface area contributed by atoms with Gasteiger partial charge in [0, 0.05) is 11.3 Å². The van der Waals surface area contributed by atoms with Crippen molar-refractivity contribution in [2.45, 2.75) is 20.8 Å². The molecule has 2 aromatic carbocycles. The molecule has 1 amide bonds. The van der Waals surface area contributed by atoms with Crippen LogP contribution in [0.2, 0.25) is 0 Å². The van der Waals surface area contributed by atoms with E-state index in [4.69, 9.17) is 4.74 Å². The van der Waals surface area contributed by atoms with Crippen molar-refractivity contribution in [1.82, 2.24) is 9.97 Å². The van der Waals surface area contributed by atoms with Crippen molar-refractivity contribution in [1.29, 1.82) is 0 Å². The monoisotopic (exact) mass is 349 g/mol. The number of carbonyl (C=O) groups excluding carboxylic acids is 2. The number of amides is 1. The molecule has 0 radical (unpaired) electrons. The lowest BCUT2D eigenvalue weighted by Gasteiger charge is -2.11. The molecule has 0 unspecified atom stereocenters. The van der Waals surface area contributed by atoms with E-state index in [0.29, 0.717) is 22.3 Å². The molecule has 0 fully saturated rings. The third kappa shape index (κ3) is 3.39. The van der Waals surface area contributed by atoms with Gasteiger partial charge in [0.05, 0.1) is 18.1 Å². The van der Waals surface area contributed by atoms with Crippen LogP contribution >= 0.6 is 0 Å². The highest BCUT2D eigenvalue weighted by atomic mass is 16.5. The Hall–Kier alpha value is -3.28. The van der Waals surface area contributed by atoms with Gasteiger partial charge >= 0.3 is 0 Å². The maximum Gasteiger partial charge on any atom is 0.279 e. The summed E-state index contributed by atoms with van der Waals surface area (Å²) in [5.41, 5.74) is 4.56. The highest BCUT2D eigenvalue weighted by molar-refractivity contribution is 6.06. The Bertz CT molecular complexity index is 1030. The third-order valence-corrected chi connectivity index (χ3v) is 4.18. The lowest BCUT2D eigenvalue weighted by atomic mass is 10.1. The summed E-state index contributed by atoms with van der Waals surface area (Å²) in [4.78, 5) is 33.0. The zero-order chi connectivity index (χ0) is 18.8. The Morgan fingerprint density at radius 2 is 1.65 bits per heavy atom. The number of rotatable bonds is 4. The predicted octanol–water partition coefficient (Wildman–Crippen LogP) is 3.71. The Balaban J connectivity index is 2.00. The molecule has 0 aliphatic carbocycles. The normalized spacial score (nSPS) is 10.6. The van der Waals surface area contributed by atoms with Gasteiger partial charge in [-0.1, -0.05) is 12.1 Å². The Kier molecular flexibility index (Phi) is 4.67. The van der Waals surface area contributed by atoms with Gasteiger partial charge in [-0.2, -0.15) is 0 Å². The molecule has 1 aromatic heterocycles. The molecule has 132 valence electrons. The first kappa shape index (κ1) is 17.5. The van der Waals surface area contributed by atoms with Crippen LogP contribution in [-0.2, 0) is 0 Å². The summed E-state index contributed by atoms with van der Waals surface area (Å²) in [6.45, 7) is 5.45. The highest BCUT2D eigenvalue weighted by Crippen LogP contribution is 2.23. The van der Waals surface area contributed by atoms with E-state index < -0.39 is 5.91 Å². The maximum atomic E-state index is 12.7. The van der Waals surface area contributed by atoms with Crippen molar-refractivity contribution < 1.29 is 14.3 Å². The van der Waals surface area contributed by atoms with E-state index in [1.807, 2.05) is 26.0 Å². The summed E-state index contributed by atoms with van der Waals surface area (Å²) in [5.74, 6) is -0.369. The van der Waals surface area contributed by atoms with E-state index in [9.17, 15) is 9.59 Å². The molecule has 1 N–H and O–H groups in total. The summed E-state index contributed by atoms with van der Waals surface area (Å²) in [5, 5.41) is 2.75. The third-order valence-electron chi connectivity index (χ3n) is 4.18. The van der Waals surface area contributed by atoms with Crippen LogP contribution < -0.4 is 10.1 Å². The second-order valence-electron chi connectivity index (χ2n) is 6.10. The number of methoxy groups -OCH3 is 1. The largest absolute Gasteiger partial charge is 0.479 e. The van der Waals surface area contributed by atoms with Crippen LogP contribution in [0.15, 0.2) is 36.4 Å². The van der Waals surface area contributed by atoms with Gasteiger partial charge < -0.3 is 10.1 Å². The quantitative estimate of drug-likeness (QED) is 0.726. The molecule has 0 atom stereocenters. The molecule has 6 heteroatoms. The van der Waals surface area contributed by atoms with E-state index in [2.05, 4.69) is 15.3 Å². The summed E-state index contributed by atoms with van der Waals surface area (Å²) in [6.07, 6.45) is 0. The Labute approximate surface area is 151 Å². The molecule has 0 spiro atoms. The molecule has 3 rings (SSSR count). The van der Waals surface area contributed by atoms with E-state index >= 15 is 0 Å². The lowest BCUT2D eigenvalue weighted by molar-refractivity contribution is 0.100. The molecule has 0 aliphatic heterocycles. The summed E-state index contributed by atoms with van der Waals surface area (Å²) in [6, 6.07) is 10.5. The van der Waals surface area contributed by atoms with Gasteiger partial charge in [-0.3, -0.25) is 9.59 Å². The minimum Gasteiger partial charge on any atom is -0.479 e. The second kappa shape index (κ2) is 6.92. The topological polar surface area (TPSA) is 81.2 Å². The second-order valence-corrected chi connectivity index (χ2v) is 6.10. The van der Waals surface area contributed by atoms with Crippen LogP contribution in [0, 0.1) is 13.8 Å². The molecular formula is C20H19N3O3. The molecule has 26 heavy (non-hydrogen) atoms. The number of anilines is 1. The number of aromatic nitrogens is 2. The van der Waals surface area contributed by atoms with Gasteiger partial charge in [0.1, 0.15) is 0 Å². The van der Waals surface area contributed by atoms with Crippen molar-refractivity contribution in [2.75, 3.05) is 12.4 Å². The van der Waals surface area contributed by atoms with Crippen LogP contribution in [0.25, 0.3) is 11.0 Å². The number of fused-ring (bicyclic) bond motifs is 1. The van der Waals surface area contributed by atoms with Crippen molar-refractivity contribution in [3.05, 3.63) is 58.8 Å². The predicted molar refractivity (Wildman–Crippen MR) is 100.0 cm³/mol. The molecule has 0 bridgehead atoms. The van der Waals surface area contributed by atoms with Crippen molar-refractivity contribution in [3.8, 4) is 5.88 Å². The SMILES string of the molecule is COc1nc2cc(C)c(C)cc2nc1C(=O)Nc1cccc(C(C)=O)c1. The first-order valence-corrected chi connectivity index (χ1v) is 8.14. The minimum atomic E-state index is -0.449. The average molecular weight is 349 g/mol. The number of hydrogen-bond donors (Lipinski definition) is 1. The van der Waals surface area contributed by atoms with Crippen molar-refractivity contribution in [3.63, 3.8) is 0 Å². The van der Waals surface area contributed by atoms with Crippen LogP contribution in [0.3, 0.4) is 0 Å². The standard InChI is InChI=1S/C20H19N3O3/c1-11-8-16-17(9-12(11)2)23-20(26-4)18(22-16)19(25)21-15-7-5-6-14(10-15)13(3)24/h5-10H,1-4H3,(H,21,25). The molecule has 0 saturated heterocycles. The van der Waals surface area contributed by atoms with Gasteiger partial charge in [0.25, 0.3) is 5.91 Å². The van der Waals surface area contributed by atoms with Gasteiger partial charge in [0.2, 0.25) is 5.88 Å². The number of nitrogens with zero attached hydrogens (tertiary/aromatic N) is 2. The first-order chi connectivity index (χ1) is 12.4. The first-order valence-electron chi connectivity index (χ1n) is 8.14. The molecule has 0 aliphatic rings. The van der Waals surface area contributed by atoms with Crippen molar-refractivity contribution in [2.24, 2.45) is 0 Å². The van der Waals surface area contributed by atoms with Crippen LogP contribution in [0.5, 0.6) is 5.88 Å².